The lowest BCUT2D eigenvalue weighted by Crippen LogP contribution is -2.39. The van der Waals surface area contributed by atoms with Crippen LogP contribution in [0.3, 0.4) is 0 Å². The van der Waals surface area contributed by atoms with Gasteiger partial charge in [0.2, 0.25) is 0 Å². The summed E-state index contributed by atoms with van der Waals surface area (Å²) in [7, 11) is 0. The molecule has 0 amide bonds. The molecule has 2 N–H and O–H groups in total. The van der Waals surface area contributed by atoms with Gasteiger partial charge in [-0.05, 0) is 25.5 Å². The molecule has 5 heteroatoms. The number of morpholine rings is 1. The molecular formula is C16H24N4O. The number of fused-ring (bicyclic) bond motifs is 1. The highest BCUT2D eigenvalue weighted by molar-refractivity contribution is 5.81. The fourth-order valence-electron chi connectivity index (χ4n) is 2.76. The summed E-state index contributed by atoms with van der Waals surface area (Å²) in [4.78, 5) is 2.48. The van der Waals surface area contributed by atoms with Crippen LogP contribution in [0.5, 0.6) is 0 Å². The maximum atomic E-state index is 5.38. The maximum Gasteiger partial charge on any atom is 0.0695 e. The van der Waals surface area contributed by atoms with Gasteiger partial charge in [-0.1, -0.05) is 18.2 Å². The minimum Gasteiger partial charge on any atom is -0.379 e. The van der Waals surface area contributed by atoms with E-state index in [4.69, 9.17) is 4.74 Å². The van der Waals surface area contributed by atoms with Gasteiger partial charge in [0.15, 0.2) is 0 Å². The number of ether oxygens (including phenoxy) is 1. The summed E-state index contributed by atoms with van der Waals surface area (Å²) in [6, 6.07) is 6.84. The van der Waals surface area contributed by atoms with Gasteiger partial charge < -0.3 is 10.1 Å². The van der Waals surface area contributed by atoms with Crippen molar-refractivity contribution in [3.8, 4) is 0 Å². The Morgan fingerprint density at radius 1 is 1.38 bits per heavy atom. The van der Waals surface area contributed by atoms with Gasteiger partial charge in [0.1, 0.15) is 0 Å². The Morgan fingerprint density at radius 2 is 2.24 bits per heavy atom. The third-order valence-corrected chi connectivity index (χ3v) is 4.19. The van der Waals surface area contributed by atoms with E-state index in [-0.39, 0.29) is 0 Å². The predicted octanol–water partition coefficient (Wildman–Crippen LogP) is 1.76. The molecule has 1 aromatic carbocycles. The summed E-state index contributed by atoms with van der Waals surface area (Å²) < 4.78 is 5.38. The van der Waals surface area contributed by atoms with Crippen LogP contribution in [-0.2, 0) is 11.3 Å². The highest BCUT2D eigenvalue weighted by Gasteiger charge is 2.12. The summed E-state index contributed by atoms with van der Waals surface area (Å²) in [5.41, 5.74) is 2.42. The van der Waals surface area contributed by atoms with Gasteiger partial charge in [-0.2, -0.15) is 5.10 Å². The number of nitrogens with zero attached hydrogens (tertiary/aromatic N) is 2. The third-order valence-electron chi connectivity index (χ3n) is 4.19. The van der Waals surface area contributed by atoms with E-state index in [1.165, 1.54) is 17.4 Å². The zero-order valence-electron chi connectivity index (χ0n) is 12.6. The van der Waals surface area contributed by atoms with Gasteiger partial charge in [-0.15, -0.1) is 0 Å². The Balaban J connectivity index is 1.47. The molecule has 2 aromatic rings. The van der Waals surface area contributed by atoms with Crippen molar-refractivity contribution in [2.24, 2.45) is 0 Å². The molecule has 0 radical (unpaired) electrons. The summed E-state index contributed by atoms with van der Waals surface area (Å²) in [5, 5.41) is 12.0. The van der Waals surface area contributed by atoms with Crippen molar-refractivity contribution in [1.29, 1.82) is 0 Å². The van der Waals surface area contributed by atoms with Crippen LogP contribution in [0, 0.1) is 0 Å². The Morgan fingerprint density at radius 3 is 3.10 bits per heavy atom. The number of benzene rings is 1. The second-order valence-electron chi connectivity index (χ2n) is 5.78. The van der Waals surface area contributed by atoms with E-state index in [0.717, 1.165) is 44.9 Å². The zero-order chi connectivity index (χ0) is 14.5. The first-order valence-electron chi connectivity index (χ1n) is 7.77. The number of para-hydroxylation sites is 1. The number of H-pyrrole nitrogens is 1. The lowest BCUT2D eigenvalue weighted by molar-refractivity contribution is 0.0364. The Kier molecular flexibility index (Phi) is 4.85. The van der Waals surface area contributed by atoms with Gasteiger partial charge in [0, 0.05) is 31.1 Å². The quantitative estimate of drug-likeness (QED) is 0.850. The van der Waals surface area contributed by atoms with Gasteiger partial charge >= 0.3 is 0 Å². The van der Waals surface area contributed by atoms with Crippen molar-refractivity contribution in [3.63, 3.8) is 0 Å². The van der Waals surface area contributed by atoms with Crippen molar-refractivity contribution in [2.75, 3.05) is 32.8 Å². The highest BCUT2D eigenvalue weighted by atomic mass is 16.5. The molecular weight excluding hydrogens is 264 g/mol. The predicted molar refractivity (Wildman–Crippen MR) is 84.3 cm³/mol. The van der Waals surface area contributed by atoms with Gasteiger partial charge in [-0.3, -0.25) is 10.00 Å². The molecule has 5 nitrogen and oxygen atoms in total. The zero-order valence-corrected chi connectivity index (χ0v) is 12.6. The van der Waals surface area contributed by atoms with Crippen molar-refractivity contribution in [1.82, 2.24) is 20.4 Å². The number of nitrogens with one attached hydrogen (secondary N) is 2. The van der Waals surface area contributed by atoms with Gasteiger partial charge in [0.05, 0.1) is 24.9 Å². The first-order chi connectivity index (χ1) is 10.3. The minimum atomic E-state index is 0.506. The normalized spacial score (nSPS) is 18.1. The molecule has 1 saturated heterocycles. The average molecular weight is 288 g/mol. The SMILES string of the molecule is C[C@@H](CCN1CCOCC1)NCc1cccc2cn[nH]c12. The molecule has 3 rings (SSSR count). The molecule has 1 aromatic heterocycles. The van der Waals surface area contributed by atoms with Crippen LogP contribution < -0.4 is 5.32 Å². The van der Waals surface area contributed by atoms with Crippen LogP contribution >= 0.6 is 0 Å². The molecule has 0 unspecified atom stereocenters. The van der Waals surface area contributed by atoms with E-state index in [1.807, 2.05) is 6.20 Å². The number of hydrogen-bond donors (Lipinski definition) is 2. The largest absolute Gasteiger partial charge is 0.379 e. The van der Waals surface area contributed by atoms with Crippen LogP contribution in [0.4, 0.5) is 0 Å². The first-order valence-corrected chi connectivity index (χ1v) is 7.77. The topological polar surface area (TPSA) is 53.2 Å². The molecule has 21 heavy (non-hydrogen) atoms. The van der Waals surface area contributed by atoms with E-state index < -0.39 is 0 Å². The van der Waals surface area contributed by atoms with Crippen molar-refractivity contribution < 1.29 is 4.74 Å². The Bertz CT molecular complexity index is 562. The van der Waals surface area contributed by atoms with Crippen molar-refractivity contribution in [2.45, 2.75) is 25.9 Å². The molecule has 1 aliphatic rings. The molecule has 1 atom stereocenters. The minimum absolute atomic E-state index is 0.506. The molecule has 2 heterocycles. The van der Waals surface area contributed by atoms with E-state index in [2.05, 4.69) is 45.5 Å². The monoisotopic (exact) mass is 288 g/mol. The summed E-state index contributed by atoms with van der Waals surface area (Å²) in [5.74, 6) is 0. The van der Waals surface area contributed by atoms with Gasteiger partial charge in [-0.25, -0.2) is 0 Å². The maximum absolute atomic E-state index is 5.38. The van der Waals surface area contributed by atoms with Crippen LogP contribution in [-0.4, -0.2) is 54.0 Å². The lowest BCUT2D eigenvalue weighted by Gasteiger charge is -2.27. The Hall–Kier alpha value is -1.43. The van der Waals surface area contributed by atoms with E-state index in [0.29, 0.717) is 6.04 Å². The van der Waals surface area contributed by atoms with Crippen molar-refractivity contribution >= 4 is 10.9 Å². The molecule has 1 aliphatic heterocycles. The summed E-state index contributed by atoms with van der Waals surface area (Å²) in [6.45, 7) is 8.18. The first kappa shape index (κ1) is 14.5. The van der Waals surface area contributed by atoms with E-state index >= 15 is 0 Å². The molecule has 0 bridgehead atoms. The molecule has 0 spiro atoms. The second-order valence-corrected chi connectivity index (χ2v) is 5.78. The molecule has 1 fully saturated rings. The lowest BCUT2D eigenvalue weighted by atomic mass is 10.1. The molecule has 0 saturated carbocycles. The average Bonchev–Trinajstić information content (AvgIpc) is 3.01. The fourth-order valence-corrected chi connectivity index (χ4v) is 2.76. The Labute approximate surface area is 125 Å². The number of aromatic amines is 1. The number of hydrogen-bond acceptors (Lipinski definition) is 4. The second kappa shape index (κ2) is 7.02. The van der Waals surface area contributed by atoms with Crippen LogP contribution in [0.15, 0.2) is 24.4 Å². The van der Waals surface area contributed by atoms with Crippen LogP contribution in [0.1, 0.15) is 18.9 Å². The van der Waals surface area contributed by atoms with E-state index in [9.17, 15) is 0 Å². The highest BCUT2D eigenvalue weighted by Crippen LogP contribution is 2.15. The standard InChI is InChI=1S/C16H24N4O/c1-13(5-6-20-7-9-21-10-8-20)17-11-14-3-2-4-15-12-18-19-16(14)15/h2-4,12-13,17H,5-11H2,1H3,(H,18,19)/t13-/m0/s1. The fraction of sp³-hybridized carbons (Fsp3) is 0.562. The third kappa shape index (κ3) is 3.81. The van der Waals surface area contributed by atoms with Crippen LogP contribution in [0.25, 0.3) is 10.9 Å². The number of rotatable bonds is 6. The summed E-state index contributed by atoms with van der Waals surface area (Å²) in [6.07, 6.45) is 3.04. The van der Waals surface area contributed by atoms with Crippen molar-refractivity contribution in [3.05, 3.63) is 30.0 Å². The summed E-state index contributed by atoms with van der Waals surface area (Å²) >= 11 is 0. The smallest absolute Gasteiger partial charge is 0.0695 e. The molecule has 0 aliphatic carbocycles. The molecule has 114 valence electrons. The van der Waals surface area contributed by atoms with Crippen LogP contribution in [0.2, 0.25) is 0 Å². The number of aromatic nitrogens is 2. The van der Waals surface area contributed by atoms with Gasteiger partial charge in [0.25, 0.3) is 0 Å². The van der Waals surface area contributed by atoms with E-state index in [1.54, 1.807) is 0 Å².